The van der Waals surface area contributed by atoms with E-state index in [-0.39, 0.29) is 18.0 Å². The standard InChI is InChI=1S/C20H19F2N3OS.C6H8O7/c21-17-6-3-7-18(22)16(17)14-25(13-15-5-1-2-9-23-15)11-10-24-20(26)19-8-4-12-27-19;7-3(8)1-6(13,5(11)12)2-4(9)10/h1-9,12H,10-11,13-14H2,(H,24,26);13H,1-2H2,(H,7,8)(H,9,10)(H,11,12). The number of thiophene rings is 1. The molecule has 40 heavy (non-hydrogen) atoms. The van der Waals surface area contributed by atoms with E-state index in [2.05, 4.69) is 10.3 Å². The van der Waals surface area contributed by atoms with Gasteiger partial charge in [0.05, 0.1) is 23.4 Å². The third kappa shape index (κ3) is 10.5. The number of carbonyl (C=O) groups excluding carboxylic acids is 1. The van der Waals surface area contributed by atoms with Crippen LogP contribution in [-0.2, 0) is 27.5 Å². The highest BCUT2D eigenvalue weighted by Gasteiger charge is 2.40. The molecule has 0 atom stereocenters. The number of rotatable bonds is 13. The van der Waals surface area contributed by atoms with Crippen LogP contribution in [0, 0.1) is 11.6 Å². The molecule has 3 aromatic rings. The summed E-state index contributed by atoms with van der Waals surface area (Å²) in [7, 11) is 0. The number of carboxylic acids is 3. The van der Waals surface area contributed by atoms with Crippen molar-refractivity contribution in [3.8, 4) is 0 Å². The van der Waals surface area contributed by atoms with Gasteiger partial charge in [-0.05, 0) is 35.7 Å². The molecule has 11 nitrogen and oxygen atoms in total. The smallest absolute Gasteiger partial charge is 0.336 e. The Labute approximate surface area is 231 Å². The average Bonchev–Trinajstić information content (AvgIpc) is 3.41. The van der Waals surface area contributed by atoms with Gasteiger partial charge in [0, 0.05) is 37.9 Å². The van der Waals surface area contributed by atoms with Gasteiger partial charge >= 0.3 is 17.9 Å². The molecule has 0 aliphatic carbocycles. The van der Waals surface area contributed by atoms with Crippen molar-refractivity contribution in [3.05, 3.63) is 87.9 Å². The van der Waals surface area contributed by atoms with Gasteiger partial charge in [-0.25, -0.2) is 13.6 Å². The topological polar surface area (TPSA) is 177 Å². The lowest BCUT2D eigenvalue weighted by atomic mass is 9.96. The number of nitrogens with one attached hydrogen (secondary N) is 1. The Kier molecular flexibility index (Phi) is 12.3. The molecule has 0 radical (unpaired) electrons. The number of pyridine rings is 1. The molecular weight excluding hydrogens is 552 g/mol. The molecule has 2 aromatic heterocycles. The summed E-state index contributed by atoms with van der Waals surface area (Å²) in [5.41, 5.74) is -1.94. The zero-order valence-corrected chi connectivity index (χ0v) is 21.8. The average molecular weight is 580 g/mol. The number of nitrogens with zero attached hydrogens (tertiary/aromatic N) is 2. The minimum Gasteiger partial charge on any atom is -0.481 e. The summed E-state index contributed by atoms with van der Waals surface area (Å²) < 4.78 is 28.1. The second-order valence-electron chi connectivity index (χ2n) is 8.44. The number of carbonyl (C=O) groups is 4. The summed E-state index contributed by atoms with van der Waals surface area (Å²) in [6.07, 6.45) is -0.612. The van der Waals surface area contributed by atoms with Crippen LogP contribution >= 0.6 is 11.3 Å². The summed E-state index contributed by atoms with van der Waals surface area (Å²) in [5, 5.41) is 38.5. The van der Waals surface area contributed by atoms with Gasteiger partial charge < -0.3 is 25.7 Å². The number of halogens is 2. The van der Waals surface area contributed by atoms with Gasteiger partial charge in [-0.2, -0.15) is 0 Å². The molecule has 0 bridgehead atoms. The third-order valence-electron chi connectivity index (χ3n) is 5.30. The lowest BCUT2D eigenvalue weighted by Crippen LogP contribution is -2.42. The predicted molar refractivity (Wildman–Crippen MR) is 138 cm³/mol. The fourth-order valence-electron chi connectivity index (χ4n) is 3.38. The minimum atomic E-state index is -2.74. The number of carboxylic acid groups (broad SMARTS) is 3. The van der Waals surface area contributed by atoms with E-state index in [9.17, 15) is 28.0 Å². The van der Waals surface area contributed by atoms with E-state index in [1.54, 1.807) is 12.3 Å². The van der Waals surface area contributed by atoms with Gasteiger partial charge in [0.25, 0.3) is 5.91 Å². The quantitative estimate of drug-likeness (QED) is 0.202. The first-order valence-corrected chi connectivity index (χ1v) is 12.6. The van der Waals surface area contributed by atoms with Crippen molar-refractivity contribution in [2.24, 2.45) is 0 Å². The highest BCUT2D eigenvalue weighted by Crippen LogP contribution is 2.17. The molecular formula is C26H27F2N3O8S. The van der Waals surface area contributed by atoms with Crippen LogP contribution in [0.2, 0.25) is 0 Å². The monoisotopic (exact) mass is 579 g/mol. The van der Waals surface area contributed by atoms with Gasteiger partial charge in [-0.1, -0.05) is 18.2 Å². The van der Waals surface area contributed by atoms with E-state index >= 15 is 0 Å². The van der Waals surface area contributed by atoms with Crippen LogP contribution in [0.1, 0.15) is 33.8 Å². The Bertz CT molecular complexity index is 1260. The van der Waals surface area contributed by atoms with Crippen LogP contribution < -0.4 is 5.32 Å². The summed E-state index contributed by atoms with van der Waals surface area (Å²) in [6.45, 7) is 1.30. The van der Waals surface area contributed by atoms with Crippen molar-refractivity contribution in [3.63, 3.8) is 0 Å². The highest BCUT2D eigenvalue weighted by molar-refractivity contribution is 7.12. The summed E-state index contributed by atoms with van der Waals surface area (Å²) in [5.74, 6) is -6.33. The summed E-state index contributed by atoms with van der Waals surface area (Å²) in [6, 6.07) is 12.9. The molecule has 1 amide bonds. The Hall–Kier alpha value is -4.27. The zero-order valence-electron chi connectivity index (χ0n) is 21.0. The minimum absolute atomic E-state index is 0.0121. The van der Waals surface area contributed by atoms with Crippen molar-refractivity contribution in [2.45, 2.75) is 31.5 Å². The largest absolute Gasteiger partial charge is 0.481 e. The first-order chi connectivity index (χ1) is 18.9. The molecule has 2 heterocycles. The molecule has 0 saturated heterocycles. The molecule has 0 aliphatic heterocycles. The number of benzene rings is 1. The van der Waals surface area contributed by atoms with E-state index in [0.717, 1.165) is 5.69 Å². The van der Waals surface area contributed by atoms with Crippen molar-refractivity contribution >= 4 is 35.2 Å². The van der Waals surface area contributed by atoms with Crippen LogP contribution in [0.25, 0.3) is 0 Å². The zero-order chi connectivity index (χ0) is 29.7. The van der Waals surface area contributed by atoms with Gasteiger partial charge in [-0.15, -0.1) is 11.3 Å². The van der Waals surface area contributed by atoms with E-state index in [4.69, 9.17) is 20.4 Å². The molecule has 5 N–H and O–H groups in total. The second-order valence-corrected chi connectivity index (χ2v) is 9.39. The third-order valence-corrected chi connectivity index (χ3v) is 6.17. The maximum atomic E-state index is 14.0. The molecule has 14 heteroatoms. The van der Waals surface area contributed by atoms with Crippen molar-refractivity contribution in [1.82, 2.24) is 15.2 Å². The number of aliphatic carboxylic acids is 3. The molecule has 1 aromatic carbocycles. The highest BCUT2D eigenvalue weighted by atomic mass is 32.1. The maximum Gasteiger partial charge on any atom is 0.336 e. The van der Waals surface area contributed by atoms with E-state index in [1.807, 2.05) is 34.5 Å². The van der Waals surface area contributed by atoms with Crippen molar-refractivity contribution in [1.29, 1.82) is 0 Å². The van der Waals surface area contributed by atoms with Crippen molar-refractivity contribution in [2.75, 3.05) is 13.1 Å². The van der Waals surface area contributed by atoms with Crippen LogP contribution in [0.3, 0.4) is 0 Å². The lowest BCUT2D eigenvalue weighted by Gasteiger charge is -2.22. The first kappa shape index (κ1) is 31.9. The number of aliphatic hydroxyl groups is 1. The van der Waals surface area contributed by atoms with Crippen molar-refractivity contribution < 1.29 is 48.4 Å². The number of amides is 1. The van der Waals surface area contributed by atoms with Crippen LogP contribution in [0.4, 0.5) is 8.78 Å². The number of hydrogen-bond donors (Lipinski definition) is 5. The Balaban J connectivity index is 0.000000366. The number of aromatic nitrogens is 1. The fraction of sp³-hybridized carbons (Fsp3) is 0.269. The van der Waals surface area contributed by atoms with E-state index in [0.29, 0.717) is 24.5 Å². The van der Waals surface area contributed by atoms with E-state index < -0.39 is 48.0 Å². The predicted octanol–water partition coefficient (Wildman–Crippen LogP) is 2.60. The lowest BCUT2D eigenvalue weighted by molar-refractivity contribution is -0.170. The van der Waals surface area contributed by atoms with Gasteiger partial charge in [0.1, 0.15) is 11.6 Å². The SMILES string of the molecule is O=C(NCCN(Cc1ccccn1)Cc1c(F)cccc1F)c1cccs1.O=C(O)CC(O)(CC(=O)O)C(=O)O. The molecule has 3 rings (SSSR count). The Morgan fingerprint density at radius 1 is 0.900 bits per heavy atom. The Morgan fingerprint density at radius 3 is 2.05 bits per heavy atom. The van der Waals surface area contributed by atoms with Crippen LogP contribution in [0.15, 0.2) is 60.1 Å². The molecule has 214 valence electrons. The number of hydrogen-bond acceptors (Lipinski definition) is 8. The molecule has 0 saturated carbocycles. The summed E-state index contributed by atoms with van der Waals surface area (Å²) >= 11 is 1.36. The molecule has 0 unspecified atom stereocenters. The van der Waals surface area contributed by atoms with Gasteiger partial charge in [0.2, 0.25) is 0 Å². The maximum absolute atomic E-state index is 14.0. The van der Waals surface area contributed by atoms with Crippen LogP contribution in [-0.4, -0.2) is 72.8 Å². The molecule has 0 spiro atoms. The normalized spacial score (nSPS) is 10.9. The first-order valence-electron chi connectivity index (χ1n) is 11.7. The van der Waals surface area contributed by atoms with Gasteiger partial charge in [-0.3, -0.25) is 24.3 Å². The fourth-order valence-corrected chi connectivity index (χ4v) is 4.02. The van der Waals surface area contributed by atoms with Gasteiger partial charge in [0.15, 0.2) is 5.60 Å². The molecule has 0 aliphatic rings. The second kappa shape index (κ2) is 15.4. The molecule has 0 fully saturated rings. The van der Waals surface area contributed by atoms with Crippen LogP contribution in [0.5, 0.6) is 0 Å². The Morgan fingerprint density at radius 2 is 1.55 bits per heavy atom. The summed E-state index contributed by atoms with van der Waals surface area (Å²) in [4.78, 5) is 49.3. The van der Waals surface area contributed by atoms with E-state index in [1.165, 1.54) is 29.5 Å².